The molecule has 0 aliphatic carbocycles. The zero-order valence-electron chi connectivity index (χ0n) is 13.2. The van der Waals surface area contributed by atoms with E-state index in [-0.39, 0.29) is 5.91 Å². The van der Waals surface area contributed by atoms with Gasteiger partial charge in [-0.1, -0.05) is 12.1 Å². The number of rotatable bonds is 5. The molecule has 0 saturated carbocycles. The highest BCUT2D eigenvalue weighted by atomic mass is 16.5. The van der Waals surface area contributed by atoms with Gasteiger partial charge in [0.25, 0.3) is 0 Å². The lowest BCUT2D eigenvalue weighted by molar-refractivity contribution is -0.117. The first kappa shape index (κ1) is 15.1. The van der Waals surface area contributed by atoms with Crippen molar-refractivity contribution in [3.8, 4) is 0 Å². The average Bonchev–Trinajstić information content (AvgIpc) is 3.08. The van der Waals surface area contributed by atoms with Crippen molar-refractivity contribution in [3.63, 3.8) is 0 Å². The molecule has 3 aromatic rings. The molecular formula is C16H18N4O3. The van der Waals surface area contributed by atoms with Gasteiger partial charge in [0.15, 0.2) is 17.3 Å². The molecule has 0 saturated heterocycles. The van der Waals surface area contributed by atoms with Crippen LogP contribution in [0.4, 0.5) is 11.5 Å². The van der Waals surface area contributed by atoms with Gasteiger partial charge in [-0.05, 0) is 31.5 Å². The first-order valence-electron chi connectivity index (χ1n) is 7.43. The van der Waals surface area contributed by atoms with E-state index < -0.39 is 6.04 Å². The van der Waals surface area contributed by atoms with Crippen LogP contribution in [-0.2, 0) is 4.79 Å². The van der Waals surface area contributed by atoms with Gasteiger partial charge in [-0.25, -0.2) is 4.98 Å². The largest absolute Gasteiger partial charge is 0.441 e. The highest BCUT2D eigenvalue weighted by Gasteiger charge is 2.18. The number of nitrogens with one attached hydrogen (secondary N) is 2. The van der Waals surface area contributed by atoms with Crippen molar-refractivity contribution in [2.24, 2.45) is 0 Å². The SMILES string of the molecule is CCC(Nc1ccc2oc(C)nc2c1)C(=O)Nc1cc(C)on1. The number of carbonyl (C=O) groups is 1. The average molecular weight is 314 g/mol. The Hall–Kier alpha value is -2.83. The number of aryl methyl sites for hydroxylation is 2. The Morgan fingerprint density at radius 2 is 2.13 bits per heavy atom. The maximum absolute atomic E-state index is 12.3. The number of amides is 1. The standard InChI is InChI=1S/C16H18N4O3/c1-4-12(16(21)19-15-7-9(2)23-20-15)18-11-5-6-14-13(8-11)17-10(3)22-14/h5-8,12,18H,4H2,1-3H3,(H,19,20,21). The quantitative estimate of drug-likeness (QED) is 0.751. The molecular weight excluding hydrogens is 296 g/mol. The minimum Gasteiger partial charge on any atom is -0.441 e. The van der Waals surface area contributed by atoms with Crippen molar-refractivity contribution in [2.45, 2.75) is 33.2 Å². The molecule has 7 nitrogen and oxygen atoms in total. The van der Waals surface area contributed by atoms with Crippen LogP contribution < -0.4 is 10.6 Å². The zero-order valence-corrected chi connectivity index (χ0v) is 13.2. The molecule has 2 aromatic heterocycles. The third kappa shape index (κ3) is 3.33. The van der Waals surface area contributed by atoms with Gasteiger partial charge in [0, 0.05) is 18.7 Å². The fourth-order valence-corrected chi connectivity index (χ4v) is 2.33. The number of fused-ring (bicyclic) bond motifs is 1. The molecule has 0 aliphatic heterocycles. The Labute approximate surface area is 133 Å². The van der Waals surface area contributed by atoms with Crippen LogP contribution in [0.3, 0.4) is 0 Å². The molecule has 120 valence electrons. The third-order valence-electron chi connectivity index (χ3n) is 3.44. The van der Waals surface area contributed by atoms with Crippen molar-refractivity contribution in [1.82, 2.24) is 10.1 Å². The van der Waals surface area contributed by atoms with Gasteiger partial charge in [0.05, 0.1) is 0 Å². The van der Waals surface area contributed by atoms with E-state index in [9.17, 15) is 4.79 Å². The van der Waals surface area contributed by atoms with E-state index in [0.717, 1.165) is 16.8 Å². The summed E-state index contributed by atoms with van der Waals surface area (Å²) in [6, 6.07) is 6.85. The summed E-state index contributed by atoms with van der Waals surface area (Å²) in [4.78, 5) is 16.6. The number of anilines is 2. The van der Waals surface area contributed by atoms with Crippen LogP contribution in [0.25, 0.3) is 11.1 Å². The van der Waals surface area contributed by atoms with E-state index in [4.69, 9.17) is 8.94 Å². The van der Waals surface area contributed by atoms with Crippen molar-refractivity contribution in [3.05, 3.63) is 35.9 Å². The van der Waals surface area contributed by atoms with E-state index in [1.807, 2.05) is 25.1 Å². The number of hydrogen-bond donors (Lipinski definition) is 2. The van der Waals surface area contributed by atoms with Crippen molar-refractivity contribution < 1.29 is 13.7 Å². The lowest BCUT2D eigenvalue weighted by Gasteiger charge is -2.16. The predicted octanol–water partition coefficient (Wildman–Crippen LogP) is 3.26. The van der Waals surface area contributed by atoms with Crippen molar-refractivity contribution in [2.75, 3.05) is 10.6 Å². The Morgan fingerprint density at radius 1 is 1.30 bits per heavy atom. The van der Waals surface area contributed by atoms with Crippen LogP contribution in [0.1, 0.15) is 25.0 Å². The number of hydrogen-bond acceptors (Lipinski definition) is 6. The van der Waals surface area contributed by atoms with Gasteiger partial charge in [-0.15, -0.1) is 0 Å². The summed E-state index contributed by atoms with van der Waals surface area (Å²) in [5.74, 6) is 1.50. The summed E-state index contributed by atoms with van der Waals surface area (Å²) in [5, 5.41) is 9.71. The number of benzene rings is 1. The summed E-state index contributed by atoms with van der Waals surface area (Å²) in [7, 11) is 0. The van der Waals surface area contributed by atoms with Crippen molar-refractivity contribution in [1.29, 1.82) is 0 Å². The summed E-state index contributed by atoms with van der Waals surface area (Å²) in [6.07, 6.45) is 0.624. The van der Waals surface area contributed by atoms with Crippen LogP contribution in [0, 0.1) is 13.8 Å². The number of aromatic nitrogens is 2. The van der Waals surface area contributed by atoms with Crippen LogP contribution in [0.15, 0.2) is 33.2 Å². The van der Waals surface area contributed by atoms with Crippen LogP contribution in [0.2, 0.25) is 0 Å². The molecule has 1 unspecified atom stereocenters. The normalized spacial score (nSPS) is 12.3. The predicted molar refractivity (Wildman–Crippen MR) is 86.3 cm³/mol. The van der Waals surface area contributed by atoms with E-state index in [1.165, 1.54) is 0 Å². The van der Waals surface area contributed by atoms with E-state index in [1.54, 1.807) is 19.9 Å². The Morgan fingerprint density at radius 3 is 2.83 bits per heavy atom. The van der Waals surface area contributed by atoms with Crippen molar-refractivity contribution >= 4 is 28.5 Å². The first-order chi connectivity index (χ1) is 11.0. The molecule has 0 fully saturated rings. The Bertz CT molecular complexity index is 837. The molecule has 1 aromatic carbocycles. The van der Waals surface area contributed by atoms with E-state index in [2.05, 4.69) is 20.8 Å². The fraction of sp³-hybridized carbons (Fsp3) is 0.312. The molecule has 0 aliphatic rings. The molecule has 0 bridgehead atoms. The maximum atomic E-state index is 12.3. The van der Waals surface area contributed by atoms with Gasteiger partial charge >= 0.3 is 0 Å². The second kappa shape index (κ2) is 6.12. The Balaban J connectivity index is 1.73. The Kier molecular flexibility index (Phi) is 4.01. The summed E-state index contributed by atoms with van der Waals surface area (Å²) < 4.78 is 10.4. The third-order valence-corrected chi connectivity index (χ3v) is 3.44. The van der Waals surface area contributed by atoms with Crippen LogP contribution in [-0.4, -0.2) is 22.1 Å². The smallest absolute Gasteiger partial charge is 0.248 e. The molecule has 1 amide bonds. The molecule has 0 spiro atoms. The highest BCUT2D eigenvalue weighted by molar-refractivity contribution is 5.96. The maximum Gasteiger partial charge on any atom is 0.248 e. The minimum atomic E-state index is -0.391. The lowest BCUT2D eigenvalue weighted by atomic mass is 10.2. The molecule has 1 atom stereocenters. The molecule has 2 N–H and O–H groups in total. The molecule has 2 heterocycles. The lowest BCUT2D eigenvalue weighted by Crippen LogP contribution is -2.34. The van der Waals surface area contributed by atoms with Gasteiger partial charge < -0.3 is 19.6 Å². The summed E-state index contributed by atoms with van der Waals surface area (Å²) in [6.45, 7) is 5.51. The molecule has 0 radical (unpaired) electrons. The molecule has 3 rings (SSSR count). The number of oxazole rings is 1. The first-order valence-corrected chi connectivity index (χ1v) is 7.43. The zero-order chi connectivity index (χ0) is 16.4. The number of carbonyl (C=O) groups excluding carboxylic acids is 1. The second-order valence-corrected chi connectivity index (χ2v) is 5.33. The topological polar surface area (TPSA) is 93.2 Å². The monoisotopic (exact) mass is 314 g/mol. The summed E-state index contributed by atoms with van der Waals surface area (Å²) in [5.41, 5.74) is 2.29. The highest BCUT2D eigenvalue weighted by Crippen LogP contribution is 2.21. The summed E-state index contributed by atoms with van der Waals surface area (Å²) >= 11 is 0. The molecule has 23 heavy (non-hydrogen) atoms. The van der Waals surface area contributed by atoms with Gasteiger partial charge in [-0.2, -0.15) is 0 Å². The van der Waals surface area contributed by atoms with Crippen LogP contribution >= 0.6 is 0 Å². The minimum absolute atomic E-state index is 0.169. The van der Waals surface area contributed by atoms with E-state index >= 15 is 0 Å². The fourth-order valence-electron chi connectivity index (χ4n) is 2.33. The van der Waals surface area contributed by atoms with Gasteiger partial charge in [0.2, 0.25) is 5.91 Å². The number of nitrogens with zero attached hydrogens (tertiary/aromatic N) is 2. The second-order valence-electron chi connectivity index (χ2n) is 5.33. The van der Waals surface area contributed by atoms with Crippen LogP contribution in [0.5, 0.6) is 0 Å². The molecule has 7 heteroatoms. The van der Waals surface area contributed by atoms with Gasteiger partial charge in [-0.3, -0.25) is 4.79 Å². The van der Waals surface area contributed by atoms with E-state index in [0.29, 0.717) is 23.9 Å². The van der Waals surface area contributed by atoms with Gasteiger partial charge in [0.1, 0.15) is 17.3 Å².